The molecule has 23 heavy (non-hydrogen) atoms. The average molecular weight is 318 g/mol. The minimum atomic E-state index is 0.262. The summed E-state index contributed by atoms with van der Waals surface area (Å²) >= 11 is 0. The van der Waals surface area contributed by atoms with Crippen LogP contribution in [0.5, 0.6) is 11.5 Å². The molecule has 0 spiro atoms. The molecule has 1 amide bonds. The molecule has 0 bridgehead atoms. The van der Waals surface area contributed by atoms with Crippen molar-refractivity contribution in [3.8, 4) is 11.5 Å². The lowest BCUT2D eigenvalue weighted by molar-refractivity contribution is -0.132. The first kappa shape index (κ1) is 16.1. The fourth-order valence-electron chi connectivity index (χ4n) is 3.41. The fourth-order valence-corrected chi connectivity index (χ4v) is 3.41. The maximum absolute atomic E-state index is 11.8. The number of fused-ring (bicyclic) bond motifs is 1. The Labute approximate surface area is 137 Å². The summed E-state index contributed by atoms with van der Waals surface area (Å²) in [6.45, 7) is 7.83. The van der Waals surface area contributed by atoms with Crippen molar-refractivity contribution >= 4 is 5.91 Å². The van der Waals surface area contributed by atoms with Gasteiger partial charge in [-0.15, -0.1) is 0 Å². The molecule has 5 heteroatoms. The summed E-state index contributed by atoms with van der Waals surface area (Å²) in [4.78, 5) is 13.8. The largest absolute Gasteiger partial charge is 0.486 e. The van der Waals surface area contributed by atoms with Gasteiger partial charge in [-0.05, 0) is 18.4 Å². The first-order chi connectivity index (χ1) is 11.2. The first-order valence-electron chi connectivity index (χ1n) is 8.57. The van der Waals surface area contributed by atoms with Crippen LogP contribution in [0.25, 0.3) is 0 Å². The summed E-state index contributed by atoms with van der Waals surface area (Å²) < 4.78 is 11.4. The van der Waals surface area contributed by atoms with E-state index in [1.165, 1.54) is 0 Å². The molecule has 2 heterocycles. The van der Waals surface area contributed by atoms with Crippen LogP contribution >= 0.6 is 0 Å². The molecule has 1 N–H and O–H groups in total. The molecule has 2 aliphatic rings. The molecule has 1 aromatic rings. The molecule has 1 aromatic carbocycles. The van der Waals surface area contributed by atoms with Crippen molar-refractivity contribution in [1.82, 2.24) is 10.2 Å². The summed E-state index contributed by atoms with van der Waals surface area (Å²) in [5.74, 6) is 2.43. The highest BCUT2D eigenvalue weighted by Crippen LogP contribution is 2.33. The number of carbonyl (C=O) groups is 1. The van der Waals surface area contributed by atoms with Gasteiger partial charge in [0.05, 0.1) is 0 Å². The maximum Gasteiger partial charge on any atom is 0.222 e. The predicted molar refractivity (Wildman–Crippen MR) is 88.7 cm³/mol. The molecular weight excluding hydrogens is 292 g/mol. The number of likely N-dealkylation sites (tertiary alicyclic amines) is 1. The van der Waals surface area contributed by atoms with Crippen LogP contribution in [0.3, 0.4) is 0 Å². The quantitative estimate of drug-likeness (QED) is 0.924. The summed E-state index contributed by atoms with van der Waals surface area (Å²) in [5, 5.41) is 3.64. The van der Waals surface area contributed by atoms with E-state index >= 15 is 0 Å². The molecule has 1 saturated heterocycles. The van der Waals surface area contributed by atoms with Crippen LogP contribution in [-0.4, -0.2) is 43.2 Å². The lowest BCUT2D eigenvalue weighted by Gasteiger charge is -2.37. The van der Waals surface area contributed by atoms with Crippen molar-refractivity contribution in [2.75, 3.05) is 26.3 Å². The van der Waals surface area contributed by atoms with Gasteiger partial charge in [0.25, 0.3) is 0 Å². The van der Waals surface area contributed by atoms with Crippen LogP contribution in [0.4, 0.5) is 0 Å². The molecule has 1 fully saturated rings. The first-order valence-corrected chi connectivity index (χ1v) is 8.57. The Bertz CT molecular complexity index is 561. The molecule has 0 unspecified atom stereocenters. The second-order valence-corrected chi connectivity index (χ2v) is 6.39. The third-order valence-electron chi connectivity index (χ3n) is 4.76. The van der Waals surface area contributed by atoms with Gasteiger partial charge in [0.15, 0.2) is 11.5 Å². The van der Waals surface area contributed by atoms with E-state index in [1.807, 2.05) is 24.0 Å². The summed E-state index contributed by atoms with van der Waals surface area (Å²) in [6, 6.07) is 6.48. The number of carbonyl (C=O) groups excluding carboxylic acids is 1. The zero-order valence-electron chi connectivity index (χ0n) is 14.0. The Morgan fingerprint density at radius 2 is 2.17 bits per heavy atom. The molecule has 3 rings (SSSR count). The van der Waals surface area contributed by atoms with E-state index in [0.29, 0.717) is 31.6 Å². The van der Waals surface area contributed by atoms with Crippen LogP contribution < -0.4 is 14.8 Å². The van der Waals surface area contributed by atoms with Crippen molar-refractivity contribution in [1.29, 1.82) is 0 Å². The smallest absolute Gasteiger partial charge is 0.222 e. The Morgan fingerprint density at radius 1 is 1.35 bits per heavy atom. The van der Waals surface area contributed by atoms with Crippen molar-refractivity contribution < 1.29 is 14.3 Å². The number of nitrogens with one attached hydrogen (secondary N) is 1. The second kappa shape index (κ2) is 7.21. The van der Waals surface area contributed by atoms with E-state index in [0.717, 1.165) is 43.1 Å². The number of hydrogen-bond acceptors (Lipinski definition) is 4. The summed E-state index contributed by atoms with van der Waals surface area (Å²) in [7, 11) is 0. The highest BCUT2D eigenvalue weighted by molar-refractivity contribution is 5.75. The van der Waals surface area contributed by atoms with Gasteiger partial charge in [0.2, 0.25) is 5.91 Å². The zero-order chi connectivity index (χ0) is 16.2. The molecule has 126 valence electrons. The monoisotopic (exact) mass is 318 g/mol. The predicted octanol–water partition coefficient (Wildman–Crippen LogP) is 2.19. The van der Waals surface area contributed by atoms with Crippen LogP contribution in [0.2, 0.25) is 0 Å². The van der Waals surface area contributed by atoms with E-state index in [-0.39, 0.29) is 5.91 Å². The van der Waals surface area contributed by atoms with E-state index in [2.05, 4.69) is 18.3 Å². The third kappa shape index (κ3) is 3.61. The van der Waals surface area contributed by atoms with Crippen LogP contribution in [0, 0.1) is 5.92 Å². The van der Waals surface area contributed by atoms with Crippen LogP contribution in [-0.2, 0) is 11.3 Å². The van der Waals surface area contributed by atoms with Gasteiger partial charge in [0.1, 0.15) is 13.2 Å². The molecule has 2 aliphatic heterocycles. The van der Waals surface area contributed by atoms with E-state index in [1.54, 1.807) is 0 Å². The third-order valence-corrected chi connectivity index (χ3v) is 4.76. The Hall–Kier alpha value is -1.75. The topological polar surface area (TPSA) is 50.8 Å². The Balaban J connectivity index is 1.58. The van der Waals surface area contributed by atoms with Crippen molar-refractivity contribution in [2.24, 2.45) is 5.92 Å². The SMILES string of the molecule is CCC(=O)N1CC[C@H](NCc2cccc3c2OCCO3)[C@H](C)C1. The van der Waals surface area contributed by atoms with E-state index < -0.39 is 0 Å². The van der Waals surface area contributed by atoms with Gasteiger partial charge in [0, 0.05) is 37.7 Å². The number of benzene rings is 1. The Morgan fingerprint density at radius 3 is 2.96 bits per heavy atom. The van der Waals surface area contributed by atoms with Gasteiger partial charge in [-0.3, -0.25) is 4.79 Å². The van der Waals surface area contributed by atoms with E-state index in [4.69, 9.17) is 9.47 Å². The standard InChI is InChI=1S/C18H26N2O3/c1-3-17(21)20-8-7-15(13(2)12-20)19-11-14-5-4-6-16-18(14)23-10-9-22-16/h4-6,13,15,19H,3,7-12H2,1-2H3/t13-,15+/m1/s1. The Kier molecular flexibility index (Phi) is 5.06. The molecule has 0 radical (unpaired) electrons. The average Bonchev–Trinajstić information content (AvgIpc) is 2.60. The number of ether oxygens (including phenoxy) is 2. The minimum Gasteiger partial charge on any atom is -0.486 e. The molecule has 0 aliphatic carbocycles. The fraction of sp³-hybridized carbons (Fsp3) is 0.611. The highest BCUT2D eigenvalue weighted by atomic mass is 16.6. The van der Waals surface area contributed by atoms with Gasteiger partial charge >= 0.3 is 0 Å². The lowest BCUT2D eigenvalue weighted by atomic mass is 9.93. The van der Waals surface area contributed by atoms with Gasteiger partial charge < -0.3 is 19.7 Å². The summed E-state index contributed by atoms with van der Waals surface area (Å²) in [5.41, 5.74) is 1.14. The second-order valence-electron chi connectivity index (χ2n) is 6.39. The number of piperidine rings is 1. The molecular formula is C18H26N2O3. The van der Waals surface area contributed by atoms with Gasteiger partial charge in [-0.1, -0.05) is 26.0 Å². The minimum absolute atomic E-state index is 0.262. The number of rotatable bonds is 4. The van der Waals surface area contributed by atoms with Gasteiger partial charge in [-0.2, -0.15) is 0 Å². The number of nitrogens with zero attached hydrogens (tertiary/aromatic N) is 1. The van der Waals surface area contributed by atoms with Crippen molar-refractivity contribution in [2.45, 2.75) is 39.3 Å². The maximum atomic E-state index is 11.8. The molecule has 2 atom stereocenters. The zero-order valence-corrected chi connectivity index (χ0v) is 14.0. The number of amides is 1. The van der Waals surface area contributed by atoms with Crippen molar-refractivity contribution in [3.05, 3.63) is 23.8 Å². The highest BCUT2D eigenvalue weighted by Gasteiger charge is 2.28. The van der Waals surface area contributed by atoms with Crippen LogP contribution in [0.1, 0.15) is 32.3 Å². The van der Waals surface area contributed by atoms with Gasteiger partial charge in [-0.25, -0.2) is 0 Å². The normalized spacial score (nSPS) is 23.7. The summed E-state index contributed by atoms with van der Waals surface area (Å²) in [6.07, 6.45) is 1.59. The molecule has 0 aromatic heterocycles. The molecule has 0 saturated carbocycles. The number of para-hydroxylation sites is 1. The van der Waals surface area contributed by atoms with E-state index in [9.17, 15) is 4.79 Å². The van der Waals surface area contributed by atoms with Crippen molar-refractivity contribution in [3.63, 3.8) is 0 Å². The lowest BCUT2D eigenvalue weighted by Crippen LogP contribution is -2.49. The van der Waals surface area contributed by atoms with Crippen LogP contribution in [0.15, 0.2) is 18.2 Å². The molecule has 5 nitrogen and oxygen atoms in total. The number of hydrogen-bond donors (Lipinski definition) is 1.